The van der Waals surface area contributed by atoms with E-state index in [2.05, 4.69) is 17.3 Å². The molecule has 0 unspecified atom stereocenters. The van der Waals surface area contributed by atoms with Crippen LogP contribution in [0.5, 0.6) is 0 Å². The van der Waals surface area contributed by atoms with Crippen LogP contribution in [0.15, 0.2) is 24.3 Å². The highest BCUT2D eigenvalue weighted by molar-refractivity contribution is 5.94. The van der Waals surface area contributed by atoms with Gasteiger partial charge in [-0.2, -0.15) is 0 Å². The molecule has 1 aromatic rings. The molecule has 0 spiro atoms. The number of nitrogens with zero attached hydrogens (tertiary/aromatic N) is 1. The van der Waals surface area contributed by atoms with E-state index in [1.807, 2.05) is 24.3 Å². The normalized spacial score (nSPS) is 16.9. The number of hydrogen-bond donors (Lipinski definition) is 2. The van der Waals surface area contributed by atoms with E-state index in [9.17, 15) is 4.79 Å². The van der Waals surface area contributed by atoms with Crippen molar-refractivity contribution in [2.75, 3.05) is 33.2 Å². The fourth-order valence-electron chi connectivity index (χ4n) is 2.83. The maximum Gasteiger partial charge on any atom is 0.251 e. The highest BCUT2D eigenvalue weighted by Crippen LogP contribution is 2.18. The van der Waals surface area contributed by atoms with Gasteiger partial charge in [-0.25, -0.2) is 0 Å². The van der Waals surface area contributed by atoms with Crippen molar-refractivity contribution >= 4 is 5.91 Å². The molecule has 0 saturated carbocycles. The lowest BCUT2D eigenvalue weighted by Gasteiger charge is -2.28. The van der Waals surface area contributed by atoms with E-state index in [-0.39, 0.29) is 5.91 Å². The summed E-state index contributed by atoms with van der Waals surface area (Å²) in [6.07, 6.45) is 4.45. The molecule has 0 aliphatic carbocycles. The van der Waals surface area contributed by atoms with E-state index in [1.54, 1.807) is 0 Å². The third-order valence-corrected chi connectivity index (χ3v) is 4.33. The minimum absolute atomic E-state index is 0.0298. The molecule has 1 heterocycles. The van der Waals surface area contributed by atoms with E-state index < -0.39 is 0 Å². The summed E-state index contributed by atoms with van der Waals surface area (Å²) in [5, 5.41) is 3.03. The average Bonchev–Trinajstić information content (AvgIpc) is 2.50. The number of nitrogens with two attached hydrogens (primary N) is 1. The Kier molecular flexibility index (Phi) is 6.21. The van der Waals surface area contributed by atoms with Gasteiger partial charge < -0.3 is 16.0 Å². The first-order chi connectivity index (χ1) is 10.2. The van der Waals surface area contributed by atoms with Gasteiger partial charge in [0.15, 0.2) is 0 Å². The summed E-state index contributed by atoms with van der Waals surface area (Å²) in [6, 6.07) is 7.74. The van der Waals surface area contributed by atoms with Gasteiger partial charge in [-0.15, -0.1) is 0 Å². The summed E-state index contributed by atoms with van der Waals surface area (Å²) in [6.45, 7) is 3.78. The van der Waals surface area contributed by atoms with Crippen molar-refractivity contribution in [1.82, 2.24) is 10.2 Å². The van der Waals surface area contributed by atoms with E-state index in [1.165, 1.54) is 31.5 Å². The lowest BCUT2D eigenvalue weighted by molar-refractivity contribution is 0.0949. The third-order valence-electron chi connectivity index (χ3n) is 4.33. The Morgan fingerprint density at radius 3 is 2.57 bits per heavy atom. The van der Waals surface area contributed by atoms with E-state index >= 15 is 0 Å². The Balaban J connectivity index is 1.71. The molecule has 0 radical (unpaired) electrons. The molecule has 0 bridgehead atoms. The minimum atomic E-state index is 0.0298. The first kappa shape index (κ1) is 16.0. The smallest absolute Gasteiger partial charge is 0.251 e. The van der Waals surface area contributed by atoms with Gasteiger partial charge in [-0.05, 0) is 76.0 Å². The molecule has 1 saturated heterocycles. The van der Waals surface area contributed by atoms with E-state index in [0.29, 0.717) is 6.54 Å². The van der Waals surface area contributed by atoms with Crippen molar-refractivity contribution < 1.29 is 4.79 Å². The second-order valence-corrected chi connectivity index (χ2v) is 6.03. The highest BCUT2D eigenvalue weighted by atomic mass is 16.1. The molecule has 1 fully saturated rings. The zero-order valence-corrected chi connectivity index (χ0v) is 13.0. The lowest BCUT2D eigenvalue weighted by Crippen LogP contribution is -2.32. The molecular formula is C17H27N3O. The number of benzene rings is 1. The third kappa shape index (κ3) is 5.14. The predicted octanol–water partition coefficient (Wildman–Crippen LogP) is 1.65. The van der Waals surface area contributed by atoms with Crippen LogP contribution >= 0.6 is 0 Å². The SMILES string of the molecule is CN1CCC(CCNC(=O)c2ccc(CCN)cc2)CC1. The van der Waals surface area contributed by atoms with Crippen molar-refractivity contribution in [3.8, 4) is 0 Å². The highest BCUT2D eigenvalue weighted by Gasteiger charge is 2.16. The number of carbonyl (C=O) groups is 1. The minimum Gasteiger partial charge on any atom is -0.352 e. The Morgan fingerprint density at radius 1 is 1.29 bits per heavy atom. The van der Waals surface area contributed by atoms with Crippen LogP contribution in [-0.2, 0) is 6.42 Å². The Bertz CT molecular complexity index is 436. The maximum atomic E-state index is 12.1. The van der Waals surface area contributed by atoms with Crippen molar-refractivity contribution in [2.45, 2.75) is 25.7 Å². The fraction of sp³-hybridized carbons (Fsp3) is 0.588. The molecule has 4 nitrogen and oxygen atoms in total. The molecule has 1 aliphatic heterocycles. The molecular weight excluding hydrogens is 262 g/mol. The standard InChI is InChI=1S/C17H27N3O/c1-20-12-8-15(9-13-20)7-11-19-17(21)16-4-2-14(3-5-16)6-10-18/h2-5,15H,6-13,18H2,1H3,(H,19,21). The number of nitrogens with one attached hydrogen (secondary N) is 1. The van der Waals surface area contributed by atoms with Gasteiger partial charge in [-0.3, -0.25) is 4.79 Å². The Hall–Kier alpha value is -1.39. The molecule has 21 heavy (non-hydrogen) atoms. The Labute approximate surface area is 127 Å². The maximum absolute atomic E-state index is 12.1. The van der Waals surface area contributed by atoms with Crippen LogP contribution in [0, 0.1) is 5.92 Å². The molecule has 0 aromatic heterocycles. The average molecular weight is 289 g/mol. The molecule has 2 rings (SSSR count). The number of amides is 1. The largest absolute Gasteiger partial charge is 0.352 e. The van der Waals surface area contributed by atoms with Crippen LogP contribution < -0.4 is 11.1 Å². The van der Waals surface area contributed by atoms with Gasteiger partial charge in [0.1, 0.15) is 0 Å². The zero-order chi connectivity index (χ0) is 15.1. The summed E-state index contributed by atoms with van der Waals surface area (Å²) < 4.78 is 0. The van der Waals surface area contributed by atoms with Crippen LogP contribution in [0.2, 0.25) is 0 Å². The summed E-state index contributed by atoms with van der Waals surface area (Å²) in [7, 11) is 2.17. The van der Waals surface area contributed by atoms with Gasteiger partial charge >= 0.3 is 0 Å². The fourth-order valence-corrected chi connectivity index (χ4v) is 2.83. The molecule has 0 atom stereocenters. The van der Waals surface area contributed by atoms with Gasteiger partial charge in [0.2, 0.25) is 0 Å². The van der Waals surface area contributed by atoms with E-state index in [4.69, 9.17) is 5.73 Å². The topological polar surface area (TPSA) is 58.4 Å². The van der Waals surface area contributed by atoms with E-state index in [0.717, 1.165) is 30.9 Å². The van der Waals surface area contributed by atoms with Gasteiger partial charge in [0.05, 0.1) is 0 Å². The van der Waals surface area contributed by atoms with Crippen LogP contribution in [0.25, 0.3) is 0 Å². The number of likely N-dealkylation sites (tertiary alicyclic amines) is 1. The van der Waals surface area contributed by atoms with Crippen molar-refractivity contribution in [3.05, 3.63) is 35.4 Å². The number of rotatable bonds is 6. The molecule has 1 aromatic carbocycles. The van der Waals surface area contributed by atoms with Gasteiger partial charge in [0, 0.05) is 12.1 Å². The number of piperidine rings is 1. The Morgan fingerprint density at radius 2 is 1.95 bits per heavy atom. The summed E-state index contributed by atoms with van der Waals surface area (Å²) >= 11 is 0. The second kappa shape index (κ2) is 8.15. The first-order valence-electron chi connectivity index (χ1n) is 7.95. The monoisotopic (exact) mass is 289 g/mol. The predicted molar refractivity (Wildman–Crippen MR) is 86.4 cm³/mol. The van der Waals surface area contributed by atoms with Gasteiger partial charge in [0.25, 0.3) is 5.91 Å². The van der Waals surface area contributed by atoms with Crippen molar-refractivity contribution in [3.63, 3.8) is 0 Å². The lowest BCUT2D eigenvalue weighted by atomic mass is 9.94. The molecule has 1 aliphatic rings. The first-order valence-corrected chi connectivity index (χ1v) is 7.95. The second-order valence-electron chi connectivity index (χ2n) is 6.03. The summed E-state index contributed by atoms with van der Waals surface area (Å²) in [4.78, 5) is 14.4. The molecule has 1 amide bonds. The molecule has 116 valence electrons. The molecule has 4 heteroatoms. The molecule has 3 N–H and O–H groups in total. The van der Waals surface area contributed by atoms with Crippen molar-refractivity contribution in [2.24, 2.45) is 11.7 Å². The van der Waals surface area contributed by atoms with Crippen LogP contribution in [0.1, 0.15) is 35.2 Å². The van der Waals surface area contributed by atoms with Crippen LogP contribution in [0.3, 0.4) is 0 Å². The van der Waals surface area contributed by atoms with Gasteiger partial charge in [-0.1, -0.05) is 12.1 Å². The number of carbonyl (C=O) groups excluding carboxylic acids is 1. The quantitative estimate of drug-likeness (QED) is 0.837. The van der Waals surface area contributed by atoms with Crippen LogP contribution in [0.4, 0.5) is 0 Å². The number of hydrogen-bond acceptors (Lipinski definition) is 3. The zero-order valence-electron chi connectivity index (χ0n) is 13.0. The van der Waals surface area contributed by atoms with Crippen molar-refractivity contribution in [1.29, 1.82) is 0 Å². The summed E-state index contributed by atoms with van der Waals surface area (Å²) in [5.74, 6) is 0.788. The summed E-state index contributed by atoms with van der Waals surface area (Å²) in [5.41, 5.74) is 7.44. The van der Waals surface area contributed by atoms with Crippen LogP contribution in [-0.4, -0.2) is 44.0 Å².